The van der Waals surface area contributed by atoms with Crippen molar-refractivity contribution in [1.29, 1.82) is 0 Å². The van der Waals surface area contributed by atoms with E-state index in [1.807, 2.05) is 13.8 Å². The number of carbonyl (C=O) groups excluding carboxylic acids is 1. The van der Waals surface area contributed by atoms with Crippen LogP contribution in [-0.4, -0.2) is 58.5 Å². The van der Waals surface area contributed by atoms with Crippen molar-refractivity contribution in [2.75, 3.05) is 33.9 Å². The first kappa shape index (κ1) is 24.8. The Morgan fingerprint density at radius 3 is 2.32 bits per heavy atom. The first-order chi connectivity index (χ1) is 12.7. The number of ether oxygens (including phenoxy) is 1. The Hall–Kier alpha value is -1.19. The molecule has 1 aliphatic rings. The maximum absolute atomic E-state index is 12.8. The van der Waals surface area contributed by atoms with Crippen LogP contribution in [0, 0.1) is 5.41 Å². The zero-order valence-electron chi connectivity index (χ0n) is 17.0. The van der Waals surface area contributed by atoms with Gasteiger partial charge in [0.05, 0.1) is 16.9 Å². The topological polar surface area (TPSA) is 87.7 Å². The minimum Gasteiger partial charge on any atom is -0.384 e. The molecule has 0 aromatic heterocycles. The van der Waals surface area contributed by atoms with Gasteiger partial charge in [0.1, 0.15) is 0 Å². The van der Waals surface area contributed by atoms with Gasteiger partial charge in [0, 0.05) is 26.7 Å². The summed E-state index contributed by atoms with van der Waals surface area (Å²) in [6.45, 7) is 6.02. The van der Waals surface area contributed by atoms with Crippen molar-refractivity contribution in [3.05, 3.63) is 29.8 Å². The normalized spacial score (nSPS) is 16.6. The van der Waals surface area contributed by atoms with E-state index in [0.717, 1.165) is 31.5 Å². The summed E-state index contributed by atoms with van der Waals surface area (Å²) in [7, 11) is -0.311. The number of amides is 1. The van der Waals surface area contributed by atoms with E-state index in [1.165, 1.54) is 4.31 Å². The molecule has 28 heavy (non-hydrogen) atoms. The number of methoxy groups -OCH3 is 1. The van der Waals surface area contributed by atoms with E-state index in [9.17, 15) is 13.2 Å². The molecule has 0 spiro atoms. The number of nitrogens with one attached hydrogen (secondary N) is 2. The van der Waals surface area contributed by atoms with Gasteiger partial charge in [-0.15, -0.1) is 12.4 Å². The quantitative estimate of drug-likeness (QED) is 0.652. The summed E-state index contributed by atoms with van der Waals surface area (Å²) < 4.78 is 31.7. The summed E-state index contributed by atoms with van der Waals surface area (Å²) >= 11 is 0. The van der Waals surface area contributed by atoms with Crippen LogP contribution in [0.5, 0.6) is 0 Å². The molecule has 2 N–H and O–H groups in total. The minimum atomic E-state index is -3.50. The van der Waals surface area contributed by atoms with E-state index in [0.29, 0.717) is 13.2 Å². The Bertz CT molecular complexity index is 727. The molecule has 0 atom stereocenters. The van der Waals surface area contributed by atoms with Crippen LogP contribution in [0.4, 0.5) is 0 Å². The minimum absolute atomic E-state index is 0. The number of halogens is 1. The molecule has 160 valence electrons. The van der Waals surface area contributed by atoms with Crippen molar-refractivity contribution in [3.8, 4) is 0 Å². The van der Waals surface area contributed by atoms with Crippen LogP contribution in [0.1, 0.15) is 32.3 Å². The predicted molar refractivity (Wildman–Crippen MR) is 112 cm³/mol. The Morgan fingerprint density at radius 2 is 1.82 bits per heavy atom. The van der Waals surface area contributed by atoms with Crippen LogP contribution in [0.2, 0.25) is 0 Å². The van der Waals surface area contributed by atoms with Crippen molar-refractivity contribution in [2.45, 2.75) is 44.2 Å². The average Bonchev–Trinajstić information content (AvgIpc) is 2.66. The average molecular weight is 434 g/mol. The van der Waals surface area contributed by atoms with E-state index in [1.54, 1.807) is 38.4 Å². The number of benzene rings is 1. The summed E-state index contributed by atoms with van der Waals surface area (Å²) in [4.78, 5) is 13.0. The molecular formula is C19H32ClN3O4S. The van der Waals surface area contributed by atoms with E-state index < -0.39 is 15.4 Å². The number of sulfonamides is 1. The number of carbonyl (C=O) groups is 1. The first-order valence-electron chi connectivity index (χ1n) is 9.28. The van der Waals surface area contributed by atoms with Crippen LogP contribution in [-0.2, 0) is 26.1 Å². The molecule has 2 rings (SSSR count). The van der Waals surface area contributed by atoms with Crippen molar-refractivity contribution < 1.29 is 17.9 Å². The maximum Gasteiger partial charge on any atom is 0.243 e. The van der Waals surface area contributed by atoms with Gasteiger partial charge in [-0.3, -0.25) is 4.79 Å². The van der Waals surface area contributed by atoms with Crippen molar-refractivity contribution in [1.82, 2.24) is 14.9 Å². The monoisotopic (exact) mass is 433 g/mol. The highest BCUT2D eigenvalue weighted by Crippen LogP contribution is 2.29. The van der Waals surface area contributed by atoms with Gasteiger partial charge in [0.25, 0.3) is 0 Å². The van der Waals surface area contributed by atoms with Crippen LogP contribution in [0.25, 0.3) is 0 Å². The molecule has 0 saturated carbocycles. The second-order valence-electron chi connectivity index (χ2n) is 7.40. The molecule has 1 aliphatic heterocycles. The zero-order valence-corrected chi connectivity index (χ0v) is 18.7. The van der Waals surface area contributed by atoms with Gasteiger partial charge in [-0.2, -0.15) is 4.31 Å². The Labute approximate surface area is 174 Å². The molecule has 1 fully saturated rings. The molecule has 0 bridgehead atoms. The molecule has 1 heterocycles. The predicted octanol–water partition coefficient (Wildman–Crippen LogP) is 1.77. The molecule has 0 unspecified atom stereocenters. The molecular weight excluding hydrogens is 402 g/mol. The molecule has 0 radical (unpaired) electrons. The fourth-order valence-corrected chi connectivity index (χ4v) is 4.58. The fraction of sp³-hybridized carbons (Fsp3) is 0.632. The third-order valence-electron chi connectivity index (χ3n) is 5.24. The largest absolute Gasteiger partial charge is 0.384 e. The zero-order chi connectivity index (χ0) is 20.1. The number of piperidine rings is 1. The Morgan fingerprint density at radius 1 is 1.25 bits per heavy atom. The first-order valence-corrected chi connectivity index (χ1v) is 10.7. The van der Waals surface area contributed by atoms with E-state index in [-0.39, 0.29) is 29.3 Å². The SMILES string of the molecule is COCC1(C(=O)NCc2ccc(S(=O)(=O)N(C)C(C)C)cc2)CCNCC1.Cl. The van der Waals surface area contributed by atoms with Crippen LogP contribution < -0.4 is 10.6 Å². The fourth-order valence-electron chi connectivity index (χ4n) is 3.21. The summed E-state index contributed by atoms with van der Waals surface area (Å²) in [6, 6.07) is 6.55. The van der Waals surface area contributed by atoms with Crippen molar-refractivity contribution >= 4 is 28.3 Å². The second-order valence-corrected chi connectivity index (χ2v) is 9.40. The number of hydrogen-bond donors (Lipinski definition) is 2. The van der Waals surface area contributed by atoms with Gasteiger partial charge in [0.15, 0.2) is 0 Å². The summed E-state index contributed by atoms with van der Waals surface area (Å²) in [5, 5.41) is 6.25. The summed E-state index contributed by atoms with van der Waals surface area (Å²) in [6.07, 6.45) is 1.48. The highest BCUT2D eigenvalue weighted by molar-refractivity contribution is 7.89. The molecule has 1 saturated heterocycles. The lowest BCUT2D eigenvalue weighted by Crippen LogP contribution is -2.49. The highest BCUT2D eigenvalue weighted by Gasteiger charge is 2.39. The molecule has 1 aromatic rings. The van der Waals surface area contributed by atoms with Gasteiger partial charge in [-0.1, -0.05) is 12.1 Å². The van der Waals surface area contributed by atoms with Gasteiger partial charge in [-0.05, 0) is 57.5 Å². The van der Waals surface area contributed by atoms with E-state index in [2.05, 4.69) is 10.6 Å². The Kier molecular flexibility index (Phi) is 9.36. The van der Waals surface area contributed by atoms with E-state index >= 15 is 0 Å². The van der Waals surface area contributed by atoms with Crippen molar-refractivity contribution in [2.24, 2.45) is 5.41 Å². The maximum atomic E-state index is 12.8. The van der Waals surface area contributed by atoms with E-state index in [4.69, 9.17) is 4.74 Å². The molecule has 7 nitrogen and oxygen atoms in total. The van der Waals surface area contributed by atoms with Gasteiger partial charge < -0.3 is 15.4 Å². The number of hydrogen-bond acceptors (Lipinski definition) is 5. The van der Waals surface area contributed by atoms with Crippen LogP contribution >= 0.6 is 12.4 Å². The van der Waals surface area contributed by atoms with Gasteiger partial charge in [0.2, 0.25) is 15.9 Å². The lowest BCUT2D eigenvalue weighted by atomic mass is 9.78. The highest BCUT2D eigenvalue weighted by atomic mass is 35.5. The molecule has 9 heteroatoms. The number of nitrogens with zero attached hydrogens (tertiary/aromatic N) is 1. The summed E-state index contributed by atoms with van der Waals surface area (Å²) in [5.74, 6) is -0.0120. The smallest absolute Gasteiger partial charge is 0.243 e. The number of rotatable bonds is 8. The molecule has 1 amide bonds. The second kappa shape index (κ2) is 10.5. The van der Waals surface area contributed by atoms with Crippen LogP contribution in [0.15, 0.2) is 29.2 Å². The lowest BCUT2D eigenvalue weighted by molar-refractivity contribution is -0.136. The summed E-state index contributed by atoms with van der Waals surface area (Å²) in [5.41, 5.74) is 0.361. The van der Waals surface area contributed by atoms with Crippen LogP contribution in [0.3, 0.4) is 0 Å². The van der Waals surface area contributed by atoms with Gasteiger partial charge in [-0.25, -0.2) is 8.42 Å². The third kappa shape index (κ3) is 5.67. The molecule has 1 aromatic carbocycles. The lowest BCUT2D eigenvalue weighted by Gasteiger charge is -2.35. The van der Waals surface area contributed by atoms with Crippen molar-refractivity contribution in [3.63, 3.8) is 0 Å². The Balaban J connectivity index is 0.00000392. The van der Waals surface area contributed by atoms with Gasteiger partial charge >= 0.3 is 0 Å². The molecule has 0 aliphatic carbocycles. The standard InChI is InChI=1S/C19H31N3O4S.ClH/c1-15(2)22(3)27(24,25)17-7-5-16(6-8-17)13-21-18(23)19(14-26-4)9-11-20-12-10-19;/h5-8,15,20H,9-14H2,1-4H3,(H,21,23);1H. The third-order valence-corrected chi connectivity index (χ3v) is 7.29.